The van der Waals surface area contributed by atoms with E-state index in [0.717, 1.165) is 18.1 Å². The Morgan fingerprint density at radius 1 is 0.926 bits per heavy atom. The molecule has 0 unspecified atom stereocenters. The van der Waals surface area contributed by atoms with Crippen LogP contribution in [0.2, 0.25) is 0 Å². The zero-order chi connectivity index (χ0) is 19.3. The van der Waals surface area contributed by atoms with Crippen LogP contribution in [0.3, 0.4) is 0 Å². The molecule has 4 aromatic rings. The number of carbonyl (C=O) groups is 2. The predicted octanol–water partition coefficient (Wildman–Crippen LogP) is 1.48. The molecule has 0 bridgehead atoms. The monoisotopic (exact) mass is 364 g/mol. The largest absolute Gasteiger partial charge is 0.298 e. The van der Waals surface area contributed by atoms with E-state index in [1.807, 2.05) is 13.0 Å². The van der Waals surface area contributed by atoms with Gasteiger partial charge in [-0.1, -0.05) is 0 Å². The van der Waals surface area contributed by atoms with E-state index < -0.39 is 0 Å². The zero-order valence-corrected chi connectivity index (χ0v) is 14.4. The van der Waals surface area contributed by atoms with E-state index >= 15 is 0 Å². The first-order valence-electron chi connectivity index (χ1n) is 7.65. The quantitative estimate of drug-likeness (QED) is 0.541. The summed E-state index contributed by atoms with van der Waals surface area (Å²) in [4.78, 5) is 35.8. The van der Waals surface area contributed by atoms with Crippen molar-refractivity contribution in [2.45, 2.75) is 6.92 Å². The standard InChI is InChI=1S/C8H6N4O.C7H7NO.C2H3N3/c13-4-7-3-9-2-1-8(7)12-6-10-5-11-12;1-6-2-3-8-4-7(6)5-9;1-3-2-5-4-1/h1-6H;2-5H,1H3;1-2H,(H,3,4,5). The molecule has 4 aromatic heterocycles. The van der Waals surface area contributed by atoms with E-state index in [4.69, 9.17) is 0 Å². The molecule has 4 rings (SSSR count). The van der Waals surface area contributed by atoms with Crippen LogP contribution in [0.1, 0.15) is 26.3 Å². The average Bonchev–Trinajstić information content (AvgIpc) is 3.45. The van der Waals surface area contributed by atoms with Crippen molar-refractivity contribution in [3.05, 3.63) is 78.9 Å². The second kappa shape index (κ2) is 10.7. The van der Waals surface area contributed by atoms with Crippen LogP contribution < -0.4 is 0 Å². The van der Waals surface area contributed by atoms with E-state index in [9.17, 15) is 9.59 Å². The van der Waals surface area contributed by atoms with Crippen molar-refractivity contribution in [3.8, 4) is 5.69 Å². The van der Waals surface area contributed by atoms with Gasteiger partial charge in [0.25, 0.3) is 0 Å². The molecule has 0 amide bonds. The number of nitrogens with zero attached hydrogens (tertiary/aromatic N) is 7. The van der Waals surface area contributed by atoms with E-state index in [1.54, 1.807) is 24.7 Å². The molecular weight excluding hydrogens is 348 g/mol. The smallest absolute Gasteiger partial charge is 0.153 e. The van der Waals surface area contributed by atoms with Gasteiger partial charge < -0.3 is 0 Å². The SMILES string of the molecule is Cc1ccncc1C=O.O=Cc1cnccc1-n1cncn1.c1nc[nH]n1. The maximum absolute atomic E-state index is 10.6. The van der Waals surface area contributed by atoms with Crippen LogP contribution in [-0.2, 0) is 0 Å². The summed E-state index contributed by atoms with van der Waals surface area (Å²) >= 11 is 0. The Hall–Kier alpha value is -4.08. The van der Waals surface area contributed by atoms with Crippen LogP contribution in [-0.4, -0.2) is 52.5 Å². The molecule has 136 valence electrons. The van der Waals surface area contributed by atoms with Crippen molar-refractivity contribution in [1.82, 2.24) is 39.9 Å². The Bertz CT molecular complexity index is 922. The highest BCUT2D eigenvalue weighted by molar-refractivity contribution is 5.79. The van der Waals surface area contributed by atoms with Gasteiger partial charge in [0, 0.05) is 30.4 Å². The third-order valence-electron chi connectivity index (χ3n) is 3.16. The number of hydrogen-bond acceptors (Lipinski definition) is 8. The minimum atomic E-state index is 0.494. The van der Waals surface area contributed by atoms with E-state index in [-0.39, 0.29) is 0 Å². The Balaban J connectivity index is 0.000000161. The molecule has 0 fully saturated rings. The maximum Gasteiger partial charge on any atom is 0.153 e. The van der Waals surface area contributed by atoms with Crippen molar-refractivity contribution in [1.29, 1.82) is 0 Å². The topological polar surface area (TPSA) is 132 Å². The van der Waals surface area contributed by atoms with Crippen molar-refractivity contribution < 1.29 is 9.59 Å². The minimum absolute atomic E-state index is 0.494. The Morgan fingerprint density at radius 3 is 2.15 bits per heavy atom. The van der Waals surface area contributed by atoms with Crippen molar-refractivity contribution in [3.63, 3.8) is 0 Å². The van der Waals surface area contributed by atoms with Crippen LogP contribution in [0.25, 0.3) is 5.69 Å². The number of aryl methyl sites for hydroxylation is 1. The second-order valence-electron chi connectivity index (χ2n) is 4.89. The van der Waals surface area contributed by atoms with Crippen molar-refractivity contribution >= 4 is 12.6 Å². The first kappa shape index (κ1) is 19.2. The summed E-state index contributed by atoms with van der Waals surface area (Å²) in [5.74, 6) is 0. The number of aldehydes is 2. The molecule has 1 N–H and O–H groups in total. The van der Waals surface area contributed by atoms with Gasteiger partial charge in [-0.05, 0) is 24.6 Å². The average molecular weight is 364 g/mol. The number of hydrogen-bond donors (Lipinski definition) is 1. The number of rotatable bonds is 3. The molecule has 0 atom stereocenters. The molecule has 0 aliphatic rings. The lowest BCUT2D eigenvalue weighted by molar-refractivity contribution is 0.111. The highest BCUT2D eigenvalue weighted by Gasteiger charge is 2.02. The van der Waals surface area contributed by atoms with Crippen LogP contribution in [0.5, 0.6) is 0 Å². The van der Waals surface area contributed by atoms with Crippen LogP contribution in [0, 0.1) is 6.92 Å². The van der Waals surface area contributed by atoms with Crippen LogP contribution in [0.4, 0.5) is 0 Å². The van der Waals surface area contributed by atoms with E-state index in [1.165, 1.54) is 36.2 Å². The lowest BCUT2D eigenvalue weighted by Crippen LogP contribution is -1.99. The maximum atomic E-state index is 10.6. The van der Waals surface area contributed by atoms with Gasteiger partial charge in [0.15, 0.2) is 12.6 Å². The third-order valence-corrected chi connectivity index (χ3v) is 3.16. The Labute approximate surface area is 154 Å². The summed E-state index contributed by atoms with van der Waals surface area (Å²) in [7, 11) is 0. The summed E-state index contributed by atoms with van der Waals surface area (Å²) in [6.07, 6.45) is 13.8. The molecular formula is C17H16N8O2. The summed E-state index contributed by atoms with van der Waals surface area (Å²) in [5, 5.41) is 9.90. The molecule has 0 saturated heterocycles. The van der Waals surface area contributed by atoms with Crippen LogP contribution in [0.15, 0.2) is 62.2 Å². The highest BCUT2D eigenvalue weighted by Crippen LogP contribution is 2.08. The zero-order valence-electron chi connectivity index (χ0n) is 14.4. The summed E-state index contributed by atoms with van der Waals surface area (Å²) in [6, 6.07) is 3.52. The molecule has 0 aliphatic carbocycles. The number of aromatic amines is 1. The Kier molecular flexibility index (Phi) is 7.64. The third kappa shape index (κ3) is 6.05. The number of aromatic nitrogens is 8. The minimum Gasteiger partial charge on any atom is -0.298 e. The fraction of sp³-hybridized carbons (Fsp3) is 0.0588. The van der Waals surface area contributed by atoms with Gasteiger partial charge in [-0.3, -0.25) is 24.7 Å². The van der Waals surface area contributed by atoms with Gasteiger partial charge in [-0.15, -0.1) is 0 Å². The number of H-pyrrole nitrogens is 1. The molecule has 27 heavy (non-hydrogen) atoms. The lowest BCUT2D eigenvalue weighted by atomic mass is 10.2. The molecule has 0 aromatic carbocycles. The van der Waals surface area contributed by atoms with E-state index in [2.05, 4.69) is 35.2 Å². The highest BCUT2D eigenvalue weighted by atomic mass is 16.1. The fourth-order valence-corrected chi connectivity index (χ4v) is 1.80. The molecule has 0 saturated carbocycles. The van der Waals surface area contributed by atoms with Crippen LogP contribution >= 0.6 is 0 Å². The summed E-state index contributed by atoms with van der Waals surface area (Å²) in [6.45, 7) is 1.88. The van der Waals surface area contributed by atoms with Crippen molar-refractivity contribution in [2.75, 3.05) is 0 Å². The van der Waals surface area contributed by atoms with Crippen molar-refractivity contribution in [2.24, 2.45) is 0 Å². The molecule has 0 radical (unpaired) electrons. The normalized spacial score (nSPS) is 9.22. The van der Waals surface area contributed by atoms with Gasteiger partial charge in [-0.25, -0.2) is 14.6 Å². The number of nitrogens with one attached hydrogen (secondary N) is 1. The lowest BCUT2D eigenvalue weighted by Gasteiger charge is -2.01. The number of pyridine rings is 2. The first-order chi connectivity index (χ1) is 13.3. The Morgan fingerprint density at radius 2 is 1.67 bits per heavy atom. The van der Waals surface area contributed by atoms with Gasteiger partial charge in [0.05, 0.1) is 11.3 Å². The summed E-state index contributed by atoms with van der Waals surface area (Å²) in [5.41, 5.74) is 2.81. The summed E-state index contributed by atoms with van der Waals surface area (Å²) < 4.78 is 1.52. The second-order valence-corrected chi connectivity index (χ2v) is 4.89. The molecule has 4 heterocycles. The predicted molar refractivity (Wildman–Crippen MR) is 95.3 cm³/mol. The van der Waals surface area contributed by atoms with Gasteiger partial charge in [0.2, 0.25) is 0 Å². The number of carbonyl (C=O) groups excluding carboxylic acids is 2. The molecule has 0 aliphatic heterocycles. The first-order valence-corrected chi connectivity index (χ1v) is 7.65. The molecule has 0 spiro atoms. The van der Waals surface area contributed by atoms with Gasteiger partial charge in [-0.2, -0.15) is 10.2 Å². The molecule has 10 nitrogen and oxygen atoms in total. The van der Waals surface area contributed by atoms with Gasteiger partial charge >= 0.3 is 0 Å². The van der Waals surface area contributed by atoms with Gasteiger partial charge in [0.1, 0.15) is 25.3 Å². The molecule has 10 heteroatoms. The van der Waals surface area contributed by atoms with E-state index in [0.29, 0.717) is 16.8 Å². The fourth-order valence-electron chi connectivity index (χ4n) is 1.80.